The van der Waals surface area contributed by atoms with E-state index >= 15 is 0 Å². The summed E-state index contributed by atoms with van der Waals surface area (Å²) < 4.78 is 0. The molecule has 6 heteroatoms. The van der Waals surface area contributed by atoms with E-state index in [-0.39, 0.29) is 17.4 Å². The van der Waals surface area contributed by atoms with Gasteiger partial charge in [-0.15, -0.1) is 0 Å². The van der Waals surface area contributed by atoms with Crippen molar-refractivity contribution in [3.05, 3.63) is 47.3 Å². The van der Waals surface area contributed by atoms with Crippen molar-refractivity contribution in [1.29, 1.82) is 0 Å². The number of amides is 2. The lowest BCUT2D eigenvalue weighted by molar-refractivity contribution is 0.0692. The highest BCUT2D eigenvalue weighted by atomic mass is 16.4. The Hall–Kier alpha value is -2.76. The molecule has 3 N–H and O–H groups in total. The van der Waals surface area contributed by atoms with E-state index in [2.05, 4.69) is 10.3 Å². The molecule has 0 atom stereocenters. The molecule has 2 aromatic rings. The van der Waals surface area contributed by atoms with E-state index in [9.17, 15) is 9.59 Å². The zero-order chi connectivity index (χ0) is 15.0. The van der Waals surface area contributed by atoms with Crippen molar-refractivity contribution in [2.45, 2.75) is 13.3 Å². The van der Waals surface area contributed by atoms with Gasteiger partial charge in [0.1, 0.15) is 5.69 Å². The van der Waals surface area contributed by atoms with E-state index in [0.717, 1.165) is 17.7 Å². The number of urea groups is 1. The molecule has 2 heterocycles. The molecule has 2 amide bonds. The third kappa shape index (κ3) is 2.35. The number of H-pyrrole nitrogens is 1. The molecule has 6 nitrogen and oxygen atoms in total. The largest absolute Gasteiger partial charge is 0.477 e. The van der Waals surface area contributed by atoms with Crippen LogP contribution in [-0.2, 0) is 6.42 Å². The molecular weight excluding hydrogens is 270 g/mol. The second kappa shape index (κ2) is 4.97. The number of nitrogens with one attached hydrogen (secondary N) is 2. The number of nitrogens with zero attached hydrogens (tertiary/aromatic N) is 1. The van der Waals surface area contributed by atoms with Crippen LogP contribution in [0.25, 0.3) is 0 Å². The molecule has 0 spiro atoms. The van der Waals surface area contributed by atoms with Gasteiger partial charge in [0.25, 0.3) is 0 Å². The predicted molar refractivity (Wildman–Crippen MR) is 79.0 cm³/mol. The predicted octanol–water partition coefficient (Wildman–Crippen LogP) is 2.62. The van der Waals surface area contributed by atoms with Crippen LogP contribution in [-0.4, -0.2) is 28.6 Å². The highest BCUT2D eigenvalue weighted by Crippen LogP contribution is 2.28. The van der Waals surface area contributed by atoms with Crippen LogP contribution in [0, 0.1) is 6.92 Å². The summed E-state index contributed by atoms with van der Waals surface area (Å²) in [7, 11) is 0. The zero-order valence-electron chi connectivity index (χ0n) is 11.5. The van der Waals surface area contributed by atoms with Crippen LogP contribution in [0.1, 0.15) is 21.7 Å². The summed E-state index contributed by atoms with van der Waals surface area (Å²) in [6.07, 6.45) is 0.807. The summed E-state index contributed by atoms with van der Waals surface area (Å²) in [4.78, 5) is 27.9. The van der Waals surface area contributed by atoms with E-state index in [4.69, 9.17) is 5.11 Å². The number of fused-ring (bicyclic) bond motifs is 1. The molecule has 1 aromatic carbocycles. The maximum Gasteiger partial charge on any atom is 0.354 e. The second-order valence-electron chi connectivity index (χ2n) is 5.01. The molecule has 21 heavy (non-hydrogen) atoms. The number of rotatable bonds is 2. The maximum atomic E-state index is 12.4. The Bertz CT molecular complexity index is 721. The zero-order valence-corrected chi connectivity index (χ0v) is 11.5. The van der Waals surface area contributed by atoms with Gasteiger partial charge >= 0.3 is 12.0 Å². The van der Waals surface area contributed by atoms with E-state index < -0.39 is 5.97 Å². The van der Waals surface area contributed by atoms with E-state index in [1.807, 2.05) is 24.3 Å². The molecule has 1 aliphatic rings. The van der Waals surface area contributed by atoms with Crippen molar-refractivity contribution in [2.75, 3.05) is 16.8 Å². The average Bonchev–Trinajstić information content (AvgIpc) is 3.02. The number of carboxylic acid groups (broad SMARTS) is 1. The number of aromatic carboxylic acids is 1. The minimum absolute atomic E-state index is 0.00617. The molecule has 0 saturated carbocycles. The fraction of sp³-hybridized carbons (Fsp3) is 0.200. The van der Waals surface area contributed by atoms with Crippen molar-refractivity contribution in [2.24, 2.45) is 0 Å². The first kappa shape index (κ1) is 13.2. The highest BCUT2D eigenvalue weighted by Gasteiger charge is 2.25. The molecule has 0 unspecified atom stereocenters. The van der Waals surface area contributed by atoms with Gasteiger partial charge in [0, 0.05) is 17.9 Å². The fourth-order valence-corrected chi connectivity index (χ4v) is 2.59. The monoisotopic (exact) mass is 285 g/mol. The van der Waals surface area contributed by atoms with E-state index in [1.54, 1.807) is 17.9 Å². The quantitative estimate of drug-likeness (QED) is 0.792. The van der Waals surface area contributed by atoms with Crippen molar-refractivity contribution in [1.82, 2.24) is 4.98 Å². The van der Waals surface area contributed by atoms with Gasteiger partial charge in [-0.2, -0.15) is 0 Å². The van der Waals surface area contributed by atoms with Gasteiger partial charge in [-0.3, -0.25) is 4.90 Å². The molecule has 108 valence electrons. The minimum Gasteiger partial charge on any atom is -0.477 e. The van der Waals surface area contributed by atoms with Crippen molar-refractivity contribution in [3.63, 3.8) is 0 Å². The third-order valence-corrected chi connectivity index (χ3v) is 3.54. The lowest BCUT2D eigenvalue weighted by Gasteiger charge is -2.17. The van der Waals surface area contributed by atoms with Gasteiger partial charge < -0.3 is 15.4 Å². The first-order chi connectivity index (χ1) is 10.1. The number of carbonyl (C=O) groups excluding carboxylic acids is 1. The molecule has 3 rings (SSSR count). The van der Waals surface area contributed by atoms with Crippen LogP contribution >= 0.6 is 0 Å². The fourth-order valence-electron chi connectivity index (χ4n) is 2.59. The summed E-state index contributed by atoms with van der Waals surface area (Å²) in [5.41, 5.74) is 2.96. The van der Waals surface area contributed by atoms with Gasteiger partial charge in [0.2, 0.25) is 0 Å². The summed E-state index contributed by atoms with van der Waals surface area (Å²) in [5.74, 6) is -1.10. The molecule has 0 fully saturated rings. The standard InChI is InChI=1S/C15H15N3O3/c1-9-8-11(13(16-9)14(19)20)17-15(21)18-7-6-10-4-2-3-5-12(10)18/h2-5,8,16H,6-7H2,1H3,(H,17,21)(H,19,20). The lowest BCUT2D eigenvalue weighted by atomic mass is 10.2. The molecular formula is C15H15N3O3. The Labute approximate surface area is 121 Å². The number of para-hydroxylation sites is 1. The van der Waals surface area contributed by atoms with Crippen LogP contribution in [0.2, 0.25) is 0 Å². The SMILES string of the molecule is Cc1cc(NC(=O)N2CCc3ccccc32)c(C(=O)O)[nH]1. The van der Waals surface area contributed by atoms with Gasteiger partial charge in [0.15, 0.2) is 0 Å². The van der Waals surface area contributed by atoms with Crippen molar-refractivity contribution >= 4 is 23.4 Å². The summed E-state index contributed by atoms with van der Waals surface area (Å²) in [6, 6.07) is 9.00. The van der Waals surface area contributed by atoms with Gasteiger partial charge in [0.05, 0.1) is 5.69 Å². The Morgan fingerprint density at radius 2 is 2.10 bits per heavy atom. The summed E-state index contributed by atoms with van der Waals surface area (Å²) in [5, 5.41) is 11.8. The highest BCUT2D eigenvalue weighted by molar-refractivity contribution is 6.06. The number of carbonyl (C=O) groups is 2. The van der Waals surface area contributed by atoms with Gasteiger partial charge in [-0.05, 0) is 31.0 Å². The van der Waals surface area contributed by atoms with Crippen LogP contribution in [0.4, 0.5) is 16.2 Å². The van der Waals surface area contributed by atoms with Crippen LogP contribution in [0.5, 0.6) is 0 Å². The Morgan fingerprint density at radius 1 is 1.33 bits per heavy atom. The molecule has 0 radical (unpaired) electrons. The summed E-state index contributed by atoms with van der Waals surface area (Å²) >= 11 is 0. The van der Waals surface area contributed by atoms with Crippen molar-refractivity contribution in [3.8, 4) is 0 Å². The number of hydrogen-bond donors (Lipinski definition) is 3. The number of aromatic amines is 1. The summed E-state index contributed by atoms with van der Waals surface area (Å²) in [6.45, 7) is 2.34. The second-order valence-corrected chi connectivity index (χ2v) is 5.01. The van der Waals surface area contributed by atoms with E-state index in [1.165, 1.54) is 0 Å². The van der Waals surface area contributed by atoms with Gasteiger partial charge in [-0.25, -0.2) is 9.59 Å². The Kier molecular flexibility index (Phi) is 3.13. The first-order valence-corrected chi connectivity index (χ1v) is 6.65. The average molecular weight is 285 g/mol. The Balaban J connectivity index is 1.84. The molecule has 0 bridgehead atoms. The normalized spacial score (nSPS) is 13.1. The number of benzene rings is 1. The third-order valence-electron chi connectivity index (χ3n) is 3.54. The smallest absolute Gasteiger partial charge is 0.354 e. The molecule has 1 aromatic heterocycles. The van der Waals surface area contributed by atoms with Crippen LogP contribution < -0.4 is 10.2 Å². The van der Waals surface area contributed by atoms with Gasteiger partial charge in [-0.1, -0.05) is 18.2 Å². The van der Waals surface area contributed by atoms with E-state index in [0.29, 0.717) is 12.2 Å². The Morgan fingerprint density at radius 3 is 2.86 bits per heavy atom. The topological polar surface area (TPSA) is 85.4 Å². The molecule has 0 aliphatic carbocycles. The van der Waals surface area contributed by atoms with Crippen LogP contribution in [0.15, 0.2) is 30.3 Å². The number of carboxylic acids is 1. The number of aryl methyl sites for hydroxylation is 1. The van der Waals surface area contributed by atoms with Crippen LogP contribution in [0.3, 0.4) is 0 Å². The lowest BCUT2D eigenvalue weighted by Crippen LogP contribution is -2.33. The first-order valence-electron chi connectivity index (χ1n) is 6.65. The number of hydrogen-bond acceptors (Lipinski definition) is 2. The molecule has 1 aliphatic heterocycles. The van der Waals surface area contributed by atoms with Crippen molar-refractivity contribution < 1.29 is 14.7 Å². The minimum atomic E-state index is -1.10. The molecule has 0 saturated heterocycles. The maximum absolute atomic E-state index is 12.4. The number of aromatic nitrogens is 1. The number of anilines is 2.